The summed E-state index contributed by atoms with van der Waals surface area (Å²) in [6.07, 6.45) is 0. The Morgan fingerprint density at radius 1 is 0.333 bits per heavy atom. The average molecular weight is 730 g/mol. The maximum atomic E-state index is 6.72. The molecule has 0 saturated carbocycles. The Morgan fingerprint density at radius 2 is 0.719 bits per heavy atom. The molecule has 0 bridgehead atoms. The molecule has 0 saturated heterocycles. The highest BCUT2D eigenvalue weighted by atomic mass is 16.5. The van der Waals surface area contributed by atoms with E-state index in [2.05, 4.69) is 205 Å². The standard InChI is InChI=1S/C53H35N3O/c1-5-17-36(18-6-1)40-29-31-42-48(33-40)56(52-54-46(38-21-9-3-10-22-38)35-47(55-52)39-23-11-4-12-24-39)49-34-41(37-19-7-2-8-20-37)30-32-43(49)53(42)44-25-13-15-27-50(44)57-51-28-16-14-26-45(51)53/h1-35H. The molecule has 268 valence electrons. The van der Waals surface area contributed by atoms with Crippen LogP contribution in [-0.4, -0.2) is 9.97 Å². The number of anilines is 3. The van der Waals surface area contributed by atoms with Gasteiger partial charge in [0.25, 0.3) is 0 Å². The van der Waals surface area contributed by atoms with Crippen molar-refractivity contribution in [2.75, 3.05) is 4.90 Å². The Balaban J connectivity index is 1.29. The molecule has 9 aromatic rings. The Kier molecular flexibility index (Phi) is 7.68. The molecular formula is C53H35N3O. The largest absolute Gasteiger partial charge is 0.457 e. The van der Waals surface area contributed by atoms with Gasteiger partial charge in [-0.25, -0.2) is 9.97 Å². The summed E-state index contributed by atoms with van der Waals surface area (Å²) in [5.41, 5.74) is 13.9. The van der Waals surface area contributed by atoms with Crippen LogP contribution < -0.4 is 9.64 Å². The van der Waals surface area contributed by atoms with E-state index in [4.69, 9.17) is 14.7 Å². The highest BCUT2D eigenvalue weighted by molar-refractivity contribution is 5.93. The van der Waals surface area contributed by atoms with E-state index in [1.165, 1.54) is 0 Å². The third-order valence-corrected chi connectivity index (χ3v) is 11.4. The molecule has 2 aliphatic heterocycles. The summed E-state index contributed by atoms with van der Waals surface area (Å²) in [4.78, 5) is 13.2. The minimum atomic E-state index is -0.726. The van der Waals surface area contributed by atoms with Crippen LogP contribution in [-0.2, 0) is 5.41 Å². The van der Waals surface area contributed by atoms with Gasteiger partial charge in [0.15, 0.2) is 0 Å². The van der Waals surface area contributed by atoms with Gasteiger partial charge in [0.05, 0.1) is 28.2 Å². The zero-order valence-corrected chi connectivity index (χ0v) is 31.0. The predicted molar refractivity (Wildman–Crippen MR) is 230 cm³/mol. The lowest BCUT2D eigenvalue weighted by Crippen LogP contribution is -2.40. The maximum absolute atomic E-state index is 6.72. The van der Waals surface area contributed by atoms with Crippen LogP contribution in [0.3, 0.4) is 0 Å². The van der Waals surface area contributed by atoms with E-state index in [1.807, 2.05) is 12.1 Å². The van der Waals surface area contributed by atoms with Gasteiger partial charge < -0.3 is 4.74 Å². The zero-order chi connectivity index (χ0) is 37.8. The summed E-state index contributed by atoms with van der Waals surface area (Å²) >= 11 is 0. The first-order chi connectivity index (χ1) is 28.3. The summed E-state index contributed by atoms with van der Waals surface area (Å²) in [5, 5.41) is 0. The van der Waals surface area contributed by atoms with Crippen LogP contribution in [0.25, 0.3) is 44.8 Å². The lowest BCUT2D eigenvalue weighted by molar-refractivity contribution is 0.434. The van der Waals surface area contributed by atoms with Crippen LogP contribution in [0.5, 0.6) is 11.5 Å². The highest BCUT2D eigenvalue weighted by Gasteiger charge is 2.51. The van der Waals surface area contributed by atoms with Crippen molar-refractivity contribution in [3.63, 3.8) is 0 Å². The summed E-state index contributed by atoms with van der Waals surface area (Å²) in [5.74, 6) is 2.28. The van der Waals surface area contributed by atoms with Crippen molar-refractivity contribution in [1.29, 1.82) is 0 Å². The van der Waals surface area contributed by atoms with Gasteiger partial charge in [0.2, 0.25) is 5.95 Å². The van der Waals surface area contributed by atoms with Crippen molar-refractivity contribution in [2.45, 2.75) is 5.41 Å². The fourth-order valence-corrected chi connectivity index (χ4v) is 8.80. The van der Waals surface area contributed by atoms with Crippen molar-refractivity contribution in [3.8, 4) is 56.3 Å². The normalized spacial score (nSPS) is 13.2. The predicted octanol–water partition coefficient (Wildman–Crippen LogP) is 13.4. The van der Waals surface area contributed by atoms with Gasteiger partial charge in [0, 0.05) is 22.3 Å². The number of aromatic nitrogens is 2. The molecule has 0 atom stereocenters. The van der Waals surface area contributed by atoms with E-state index in [1.54, 1.807) is 0 Å². The summed E-state index contributed by atoms with van der Waals surface area (Å²) in [6.45, 7) is 0. The Bertz CT molecular complexity index is 2730. The minimum Gasteiger partial charge on any atom is -0.457 e. The number of rotatable bonds is 5. The lowest BCUT2D eigenvalue weighted by Gasteiger charge is -2.48. The number of fused-ring (bicyclic) bond motifs is 8. The second-order valence-electron chi connectivity index (χ2n) is 14.5. The van der Waals surface area contributed by atoms with Gasteiger partial charge in [0.1, 0.15) is 11.5 Å². The first-order valence-electron chi connectivity index (χ1n) is 19.3. The van der Waals surface area contributed by atoms with E-state index in [0.717, 1.165) is 89.9 Å². The first kappa shape index (κ1) is 32.8. The van der Waals surface area contributed by atoms with Crippen molar-refractivity contribution < 1.29 is 4.74 Å². The third-order valence-electron chi connectivity index (χ3n) is 11.4. The lowest BCUT2D eigenvalue weighted by atomic mass is 9.61. The topological polar surface area (TPSA) is 38.2 Å². The van der Waals surface area contributed by atoms with Gasteiger partial charge >= 0.3 is 0 Å². The van der Waals surface area contributed by atoms with Crippen molar-refractivity contribution in [1.82, 2.24) is 9.97 Å². The second-order valence-corrected chi connectivity index (χ2v) is 14.5. The van der Waals surface area contributed by atoms with Crippen molar-refractivity contribution >= 4 is 17.3 Å². The molecule has 1 spiro atoms. The Labute approximate surface area is 332 Å². The molecule has 11 rings (SSSR count). The van der Waals surface area contributed by atoms with Gasteiger partial charge in [-0.05, 0) is 63.7 Å². The third kappa shape index (κ3) is 5.30. The van der Waals surface area contributed by atoms with Crippen LogP contribution in [0.1, 0.15) is 22.3 Å². The van der Waals surface area contributed by atoms with E-state index in [-0.39, 0.29) is 0 Å². The molecule has 1 aromatic heterocycles. The van der Waals surface area contributed by atoms with Gasteiger partial charge in [-0.1, -0.05) is 182 Å². The van der Waals surface area contributed by atoms with E-state index in [0.29, 0.717) is 5.95 Å². The van der Waals surface area contributed by atoms with Crippen molar-refractivity contribution in [3.05, 3.63) is 235 Å². The molecular weight excluding hydrogens is 695 g/mol. The molecule has 2 aliphatic rings. The fourth-order valence-electron chi connectivity index (χ4n) is 8.80. The summed E-state index contributed by atoms with van der Waals surface area (Å²) in [7, 11) is 0. The molecule has 4 nitrogen and oxygen atoms in total. The van der Waals surface area contributed by atoms with Crippen LogP contribution >= 0.6 is 0 Å². The highest BCUT2D eigenvalue weighted by Crippen LogP contribution is 2.63. The molecule has 0 amide bonds. The van der Waals surface area contributed by atoms with Crippen LogP contribution in [0.2, 0.25) is 0 Å². The Hall–Kier alpha value is -7.56. The summed E-state index contributed by atoms with van der Waals surface area (Å²) in [6, 6.07) is 74.9. The van der Waals surface area contributed by atoms with Gasteiger partial charge in [-0.3, -0.25) is 4.90 Å². The number of ether oxygens (including phenoxy) is 1. The maximum Gasteiger partial charge on any atom is 0.235 e. The van der Waals surface area contributed by atoms with Crippen molar-refractivity contribution in [2.24, 2.45) is 0 Å². The molecule has 0 N–H and O–H groups in total. The average Bonchev–Trinajstić information content (AvgIpc) is 3.29. The van der Waals surface area contributed by atoms with Gasteiger partial charge in [-0.15, -0.1) is 0 Å². The zero-order valence-electron chi connectivity index (χ0n) is 31.0. The number of nitrogens with zero attached hydrogens (tertiary/aromatic N) is 3. The van der Waals surface area contributed by atoms with Crippen LogP contribution in [0.4, 0.5) is 17.3 Å². The quantitative estimate of drug-likeness (QED) is 0.177. The van der Waals surface area contributed by atoms with E-state index < -0.39 is 5.41 Å². The second kappa shape index (κ2) is 13.3. The number of hydrogen-bond acceptors (Lipinski definition) is 4. The van der Waals surface area contributed by atoms with E-state index in [9.17, 15) is 0 Å². The van der Waals surface area contributed by atoms with Crippen LogP contribution in [0.15, 0.2) is 212 Å². The molecule has 4 heteroatoms. The first-order valence-corrected chi connectivity index (χ1v) is 19.3. The number of hydrogen-bond donors (Lipinski definition) is 0. The molecule has 0 unspecified atom stereocenters. The summed E-state index contributed by atoms with van der Waals surface area (Å²) < 4.78 is 6.72. The smallest absolute Gasteiger partial charge is 0.235 e. The molecule has 57 heavy (non-hydrogen) atoms. The molecule has 0 aliphatic carbocycles. The van der Waals surface area contributed by atoms with Crippen LogP contribution in [0, 0.1) is 0 Å². The SMILES string of the molecule is c1ccc(-c2ccc3c(c2)N(c2nc(-c4ccccc4)cc(-c4ccccc4)n2)c2cc(-c4ccccc4)ccc2C32c3ccccc3Oc3ccccc32)cc1. The minimum absolute atomic E-state index is 0.594. The monoisotopic (exact) mass is 729 g/mol. The van der Waals surface area contributed by atoms with E-state index >= 15 is 0 Å². The number of para-hydroxylation sites is 2. The number of benzene rings is 8. The molecule has 0 fully saturated rings. The van der Waals surface area contributed by atoms with Gasteiger partial charge in [-0.2, -0.15) is 0 Å². The Morgan fingerprint density at radius 3 is 1.16 bits per heavy atom. The molecule has 3 heterocycles. The molecule has 8 aromatic carbocycles. The fraction of sp³-hybridized carbons (Fsp3) is 0.0189. The molecule has 0 radical (unpaired) electrons.